The number of thioether (sulfide) groups is 1. The van der Waals surface area contributed by atoms with E-state index in [1.54, 1.807) is 17.8 Å². The molecule has 58 valence electrons. The van der Waals surface area contributed by atoms with Crippen molar-refractivity contribution in [2.75, 3.05) is 5.75 Å². The average Bonchev–Trinajstić information content (AvgIpc) is 2.45. The fourth-order valence-corrected chi connectivity index (χ4v) is 2.57. The molecule has 0 unspecified atom stereocenters. The van der Waals surface area contributed by atoms with Crippen molar-refractivity contribution in [2.45, 2.75) is 11.6 Å². The van der Waals surface area contributed by atoms with E-state index in [9.17, 15) is 5.11 Å². The van der Waals surface area contributed by atoms with Crippen molar-refractivity contribution in [2.24, 2.45) is 0 Å². The van der Waals surface area contributed by atoms with Gasteiger partial charge in [-0.25, -0.2) is 0 Å². The smallest absolute Gasteiger partial charge is 0.233 e. The Labute approximate surface area is 77.4 Å². The van der Waals surface area contributed by atoms with Gasteiger partial charge in [-0.05, 0) is 5.75 Å². The summed E-state index contributed by atoms with van der Waals surface area (Å²) in [6.45, 7) is 0.961. The molecule has 2 nitrogen and oxygen atoms in total. The first-order valence-electron chi connectivity index (χ1n) is 3.31. The first-order valence-corrected chi connectivity index (χ1v) is 5.08. The van der Waals surface area contributed by atoms with Crippen LogP contribution < -0.4 is 9.67 Å². The highest BCUT2D eigenvalue weighted by Gasteiger charge is 2.20. The molecule has 0 amide bonds. The molecule has 0 atom stereocenters. The topological polar surface area (TPSA) is 26.9 Å². The van der Waals surface area contributed by atoms with Gasteiger partial charge in [0.2, 0.25) is 5.03 Å². The van der Waals surface area contributed by atoms with Gasteiger partial charge < -0.3 is 5.11 Å². The fraction of sp³-hybridized carbons (Fsp3) is 0.286. The summed E-state index contributed by atoms with van der Waals surface area (Å²) < 4.78 is 2.66. The number of fused-ring (bicyclic) bond motifs is 1. The minimum atomic E-state index is 0.120. The first kappa shape index (κ1) is 7.43. The summed E-state index contributed by atoms with van der Waals surface area (Å²) in [6, 6.07) is 1.80. The van der Waals surface area contributed by atoms with Crippen molar-refractivity contribution in [1.82, 2.24) is 0 Å². The molecule has 0 spiro atoms. The molecule has 1 aromatic rings. The lowest BCUT2D eigenvalue weighted by Gasteiger charge is -2.07. The van der Waals surface area contributed by atoms with Gasteiger partial charge in [-0.3, -0.25) is 0 Å². The molecule has 11 heavy (non-hydrogen) atoms. The standard InChI is InChI=1S/C7H6BrNOS/c8-5-1-2-9-3-4-11-7(9)6(5)10/h1-2H,3-4H2. The molecule has 0 saturated heterocycles. The average molecular weight is 232 g/mol. The third-order valence-electron chi connectivity index (χ3n) is 1.64. The van der Waals surface area contributed by atoms with Gasteiger partial charge in [0.05, 0.1) is 5.75 Å². The van der Waals surface area contributed by atoms with Gasteiger partial charge >= 0.3 is 0 Å². The Hall–Kier alpha value is -0.220. The highest BCUT2D eigenvalue weighted by atomic mass is 79.9. The van der Waals surface area contributed by atoms with Gasteiger partial charge in [0.15, 0.2) is 12.7 Å². The normalized spacial score (nSPS) is 15.0. The van der Waals surface area contributed by atoms with Crippen molar-refractivity contribution in [3.8, 4) is 5.75 Å². The largest absolute Gasteiger partial charge is 0.867 e. The molecule has 1 aliphatic rings. The molecule has 4 heteroatoms. The van der Waals surface area contributed by atoms with E-state index < -0.39 is 0 Å². The summed E-state index contributed by atoms with van der Waals surface area (Å²) >= 11 is 4.84. The number of pyridine rings is 1. The maximum absolute atomic E-state index is 11.4. The Kier molecular flexibility index (Phi) is 1.81. The Morgan fingerprint density at radius 1 is 1.64 bits per heavy atom. The highest BCUT2D eigenvalue weighted by molar-refractivity contribution is 9.10. The van der Waals surface area contributed by atoms with E-state index in [1.165, 1.54) is 0 Å². The van der Waals surface area contributed by atoms with E-state index in [2.05, 4.69) is 15.9 Å². The predicted molar refractivity (Wildman–Crippen MR) is 44.5 cm³/mol. The van der Waals surface area contributed by atoms with Crippen LogP contribution >= 0.6 is 27.7 Å². The van der Waals surface area contributed by atoms with Crippen molar-refractivity contribution in [3.63, 3.8) is 0 Å². The Morgan fingerprint density at radius 3 is 3.27 bits per heavy atom. The van der Waals surface area contributed by atoms with Gasteiger partial charge in [-0.2, -0.15) is 4.57 Å². The van der Waals surface area contributed by atoms with Crippen molar-refractivity contribution >= 4 is 27.7 Å². The van der Waals surface area contributed by atoms with E-state index in [4.69, 9.17) is 0 Å². The maximum Gasteiger partial charge on any atom is 0.233 e. The van der Waals surface area contributed by atoms with E-state index in [1.807, 2.05) is 10.8 Å². The zero-order chi connectivity index (χ0) is 7.84. The molecule has 0 bridgehead atoms. The number of nitrogens with zero attached hydrogens (tertiary/aromatic N) is 1. The minimum absolute atomic E-state index is 0.120. The summed E-state index contributed by atoms with van der Waals surface area (Å²) in [7, 11) is 0. The van der Waals surface area contributed by atoms with Crippen molar-refractivity contribution in [1.29, 1.82) is 0 Å². The third-order valence-corrected chi connectivity index (χ3v) is 3.35. The molecule has 2 heterocycles. The number of rotatable bonds is 0. The van der Waals surface area contributed by atoms with Crippen molar-refractivity contribution < 1.29 is 9.67 Å². The molecule has 0 saturated carbocycles. The lowest BCUT2D eigenvalue weighted by molar-refractivity contribution is -0.726. The van der Waals surface area contributed by atoms with E-state index in [0.717, 1.165) is 17.3 Å². The second-order valence-corrected chi connectivity index (χ2v) is 4.28. The van der Waals surface area contributed by atoms with Crippen LogP contribution in [-0.2, 0) is 6.54 Å². The summed E-state index contributed by atoms with van der Waals surface area (Å²) in [4.78, 5) is 0. The number of aryl methyl sites for hydroxylation is 1. The van der Waals surface area contributed by atoms with E-state index in [0.29, 0.717) is 4.47 Å². The van der Waals surface area contributed by atoms with Crippen LogP contribution in [0.1, 0.15) is 0 Å². The first-order chi connectivity index (χ1) is 5.29. The van der Waals surface area contributed by atoms with Crippen LogP contribution in [0.2, 0.25) is 0 Å². The third kappa shape index (κ3) is 1.14. The molecule has 1 aliphatic heterocycles. The monoisotopic (exact) mass is 231 g/mol. The number of halogens is 1. The quantitative estimate of drug-likeness (QED) is 0.622. The highest BCUT2D eigenvalue weighted by Crippen LogP contribution is 2.31. The predicted octanol–water partition coefficient (Wildman–Crippen LogP) is 0.916. The van der Waals surface area contributed by atoms with Gasteiger partial charge in [0.25, 0.3) is 0 Å². The minimum Gasteiger partial charge on any atom is -0.867 e. The number of hydrogen-bond donors (Lipinski definition) is 0. The molecule has 1 aromatic heterocycles. The van der Waals surface area contributed by atoms with E-state index >= 15 is 0 Å². The Bertz CT molecular complexity index is 303. The maximum atomic E-state index is 11.4. The molecule has 0 radical (unpaired) electrons. The summed E-state index contributed by atoms with van der Waals surface area (Å²) in [5.41, 5.74) is 0. The van der Waals surface area contributed by atoms with Gasteiger partial charge in [0, 0.05) is 10.5 Å². The van der Waals surface area contributed by atoms with Gasteiger partial charge in [-0.1, -0.05) is 27.7 Å². The second-order valence-electron chi connectivity index (χ2n) is 2.34. The van der Waals surface area contributed by atoms with Crippen LogP contribution in [0.25, 0.3) is 0 Å². The zero-order valence-corrected chi connectivity index (χ0v) is 8.11. The van der Waals surface area contributed by atoms with Crippen LogP contribution in [-0.4, -0.2) is 5.75 Å². The van der Waals surface area contributed by atoms with Gasteiger partial charge in [0.1, 0.15) is 0 Å². The van der Waals surface area contributed by atoms with Crippen LogP contribution in [0, 0.1) is 0 Å². The van der Waals surface area contributed by atoms with E-state index in [-0.39, 0.29) is 5.75 Å². The van der Waals surface area contributed by atoms with Crippen LogP contribution in [0.5, 0.6) is 5.75 Å². The SMILES string of the molecule is [O-]c1c(Br)cc[n+]2c1SCC2. The number of hydrogen-bond acceptors (Lipinski definition) is 2. The number of aromatic nitrogens is 1. The molecular weight excluding hydrogens is 226 g/mol. The van der Waals surface area contributed by atoms with Crippen molar-refractivity contribution in [3.05, 3.63) is 16.7 Å². The summed E-state index contributed by atoms with van der Waals surface area (Å²) in [5.74, 6) is 1.14. The molecule has 0 N–H and O–H groups in total. The molecule has 0 aliphatic carbocycles. The summed E-state index contributed by atoms with van der Waals surface area (Å²) in [5, 5.41) is 12.2. The molecule has 0 fully saturated rings. The van der Waals surface area contributed by atoms with Gasteiger partial charge in [-0.15, -0.1) is 0 Å². The van der Waals surface area contributed by atoms with Crippen LogP contribution in [0.4, 0.5) is 0 Å². The Morgan fingerprint density at radius 2 is 2.45 bits per heavy atom. The van der Waals surface area contributed by atoms with Crippen LogP contribution in [0.3, 0.4) is 0 Å². The fourth-order valence-electron chi connectivity index (χ4n) is 1.10. The summed E-state index contributed by atoms with van der Waals surface area (Å²) in [6.07, 6.45) is 1.95. The molecule has 2 rings (SSSR count). The second kappa shape index (κ2) is 2.68. The molecule has 0 aromatic carbocycles. The Balaban J connectivity index is 2.62. The van der Waals surface area contributed by atoms with Crippen LogP contribution in [0.15, 0.2) is 21.8 Å². The lowest BCUT2D eigenvalue weighted by Crippen LogP contribution is -2.32. The lowest BCUT2D eigenvalue weighted by atomic mass is 10.4. The molecular formula is C7H6BrNOS. The zero-order valence-electron chi connectivity index (χ0n) is 5.71.